The van der Waals surface area contributed by atoms with Gasteiger partial charge in [-0.15, -0.1) is 11.3 Å². The van der Waals surface area contributed by atoms with Gasteiger partial charge in [-0.3, -0.25) is 9.78 Å². The van der Waals surface area contributed by atoms with Gasteiger partial charge in [0.05, 0.1) is 17.7 Å². The molecule has 3 aromatic rings. The van der Waals surface area contributed by atoms with Crippen LogP contribution in [0.1, 0.15) is 36.9 Å². The number of aromatic nitrogens is 2. The Labute approximate surface area is 169 Å². The number of benzene rings is 1. The largest absolute Gasteiger partial charge is 0.332 e. The van der Waals surface area contributed by atoms with Gasteiger partial charge in [-0.1, -0.05) is 43.2 Å². The zero-order chi connectivity index (χ0) is 19.0. The first-order chi connectivity index (χ1) is 13.8. The number of carbonyl (C=O) groups excluding carboxylic acids is 1. The minimum atomic E-state index is -0.0984. The van der Waals surface area contributed by atoms with Crippen molar-refractivity contribution in [3.05, 3.63) is 71.5 Å². The molecular weight excluding hydrogens is 366 g/mol. The van der Waals surface area contributed by atoms with Crippen LogP contribution in [-0.4, -0.2) is 27.3 Å². The van der Waals surface area contributed by atoms with Crippen molar-refractivity contribution in [2.24, 2.45) is 5.92 Å². The second kappa shape index (κ2) is 7.13. The average molecular weight is 390 g/mol. The third-order valence-electron chi connectivity index (χ3n) is 6.29. The van der Waals surface area contributed by atoms with E-state index in [9.17, 15) is 4.79 Å². The first-order valence-corrected chi connectivity index (χ1v) is 10.9. The molecule has 3 heterocycles. The minimum Gasteiger partial charge on any atom is -0.332 e. The Balaban J connectivity index is 1.38. The summed E-state index contributed by atoms with van der Waals surface area (Å²) in [5, 5.41) is 2.93. The van der Waals surface area contributed by atoms with Gasteiger partial charge in [0.25, 0.3) is 0 Å². The standard InChI is InChI=1S/C23H23N3OS/c27-21(13-20-16-28-22(25-20)17-7-6-12-24-14-17)26-15-19-10-4-5-11-23(19,26)18-8-2-1-3-9-18/h1-3,6-9,12,14,16,19H,4-5,10-11,13,15H2/t19-,23-/m0/s1. The van der Waals surface area contributed by atoms with Crippen LogP contribution in [0.25, 0.3) is 10.6 Å². The van der Waals surface area contributed by atoms with Crippen molar-refractivity contribution in [3.63, 3.8) is 0 Å². The van der Waals surface area contributed by atoms with Crippen molar-refractivity contribution in [3.8, 4) is 10.6 Å². The molecule has 5 rings (SSSR count). The van der Waals surface area contributed by atoms with E-state index in [1.165, 1.54) is 24.8 Å². The Bertz CT molecular complexity index is 972. The Morgan fingerprint density at radius 3 is 2.86 bits per heavy atom. The highest BCUT2D eigenvalue weighted by Crippen LogP contribution is 2.53. The van der Waals surface area contributed by atoms with Gasteiger partial charge < -0.3 is 4.90 Å². The lowest BCUT2D eigenvalue weighted by molar-refractivity contribution is -0.166. The third-order valence-corrected chi connectivity index (χ3v) is 7.23. The zero-order valence-corrected chi connectivity index (χ0v) is 16.6. The first kappa shape index (κ1) is 17.6. The second-order valence-electron chi connectivity index (χ2n) is 7.80. The van der Waals surface area contributed by atoms with Crippen molar-refractivity contribution in [2.45, 2.75) is 37.6 Å². The summed E-state index contributed by atoms with van der Waals surface area (Å²) in [6.07, 6.45) is 8.72. The Kier molecular flexibility index (Phi) is 4.47. The number of amides is 1. The molecule has 142 valence electrons. The van der Waals surface area contributed by atoms with E-state index in [1.807, 2.05) is 23.7 Å². The summed E-state index contributed by atoms with van der Waals surface area (Å²) in [4.78, 5) is 24.2. The van der Waals surface area contributed by atoms with E-state index < -0.39 is 0 Å². The molecule has 2 aliphatic rings. The van der Waals surface area contributed by atoms with Crippen LogP contribution in [0.5, 0.6) is 0 Å². The number of pyridine rings is 1. The number of fused-ring (bicyclic) bond motifs is 1. The number of nitrogens with zero attached hydrogens (tertiary/aromatic N) is 3. The van der Waals surface area contributed by atoms with Crippen LogP contribution in [0.15, 0.2) is 60.2 Å². The molecule has 28 heavy (non-hydrogen) atoms. The molecule has 1 saturated heterocycles. The molecule has 1 aromatic carbocycles. The molecule has 0 N–H and O–H groups in total. The van der Waals surface area contributed by atoms with E-state index in [0.717, 1.165) is 29.2 Å². The summed E-state index contributed by atoms with van der Waals surface area (Å²) in [5.74, 6) is 0.791. The maximum absolute atomic E-state index is 13.3. The molecule has 1 saturated carbocycles. The molecule has 2 atom stereocenters. The summed E-state index contributed by atoms with van der Waals surface area (Å²) < 4.78 is 0. The van der Waals surface area contributed by atoms with Gasteiger partial charge in [-0.2, -0.15) is 0 Å². The van der Waals surface area contributed by atoms with Crippen LogP contribution >= 0.6 is 11.3 Å². The van der Waals surface area contributed by atoms with Crippen molar-refractivity contribution < 1.29 is 4.79 Å². The van der Waals surface area contributed by atoms with E-state index in [2.05, 4.69) is 40.2 Å². The van der Waals surface area contributed by atoms with Gasteiger partial charge in [0.1, 0.15) is 5.01 Å². The fourth-order valence-corrected chi connectivity index (χ4v) is 5.75. The van der Waals surface area contributed by atoms with Crippen LogP contribution in [0.4, 0.5) is 0 Å². The van der Waals surface area contributed by atoms with E-state index >= 15 is 0 Å². The van der Waals surface area contributed by atoms with E-state index in [1.54, 1.807) is 17.5 Å². The zero-order valence-electron chi connectivity index (χ0n) is 15.8. The maximum atomic E-state index is 13.3. The van der Waals surface area contributed by atoms with Gasteiger partial charge in [0.15, 0.2) is 0 Å². The number of hydrogen-bond donors (Lipinski definition) is 0. The summed E-state index contributed by atoms with van der Waals surface area (Å²) in [7, 11) is 0. The lowest BCUT2D eigenvalue weighted by Gasteiger charge is -2.61. The Morgan fingerprint density at radius 2 is 2.07 bits per heavy atom. The van der Waals surface area contributed by atoms with E-state index in [0.29, 0.717) is 12.3 Å². The predicted molar refractivity (Wildman–Crippen MR) is 111 cm³/mol. The van der Waals surface area contributed by atoms with Crippen molar-refractivity contribution in [1.82, 2.24) is 14.9 Å². The molecule has 1 aliphatic carbocycles. The summed E-state index contributed by atoms with van der Waals surface area (Å²) in [6.45, 7) is 0.882. The molecule has 1 aliphatic heterocycles. The topological polar surface area (TPSA) is 46.1 Å². The Morgan fingerprint density at radius 1 is 1.18 bits per heavy atom. The summed E-state index contributed by atoms with van der Waals surface area (Å²) in [6, 6.07) is 14.5. The van der Waals surface area contributed by atoms with Crippen molar-refractivity contribution in [1.29, 1.82) is 0 Å². The highest BCUT2D eigenvalue weighted by Gasteiger charge is 2.56. The number of rotatable bonds is 4. The fourth-order valence-electron chi connectivity index (χ4n) is 4.94. The van der Waals surface area contributed by atoms with Crippen LogP contribution < -0.4 is 0 Å². The SMILES string of the molecule is O=C(Cc1csc(-c2cccnc2)n1)N1C[C@@H]2CCCC[C@]21c1ccccc1. The van der Waals surface area contributed by atoms with Crippen molar-refractivity contribution in [2.75, 3.05) is 6.54 Å². The highest BCUT2D eigenvalue weighted by molar-refractivity contribution is 7.13. The van der Waals surface area contributed by atoms with E-state index in [-0.39, 0.29) is 11.4 Å². The lowest BCUT2D eigenvalue weighted by atomic mass is 9.61. The summed E-state index contributed by atoms with van der Waals surface area (Å²) in [5.41, 5.74) is 3.06. The molecule has 0 unspecified atom stereocenters. The molecule has 4 nitrogen and oxygen atoms in total. The molecule has 5 heteroatoms. The maximum Gasteiger partial charge on any atom is 0.229 e. The van der Waals surface area contributed by atoms with Gasteiger partial charge in [0.2, 0.25) is 5.91 Å². The van der Waals surface area contributed by atoms with Crippen LogP contribution in [0.3, 0.4) is 0 Å². The second-order valence-corrected chi connectivity index (χ2v) is 8.66. The van der Waals surface area contributed by atoms with Gasteiger partial charge >= 0.3 is 0 Å². The quantitative estimate of drug-likeness (QED) is 0.651. The normalized spacial score (nSPS) is 23.7. The average Bonchev–Trinajstić information content (AvgIpc) is 3.19. The molecule has 2 fully saturated rings. The predicted octanol–water partition coefficient (Wildman–Crippen LogP) is 4.68. The number of likely N-dealkylation sites (tertiary alicyclic amines) is 1. The highest BCUT2D eigenvalue weighted by atomic mass is 32.1. The minimum absolute atomic E-state index is 0.0984. The van der Waals surface area contributed by atoms with Gasteiger partial charge in [0, 0.05) is 35.8 Å². The lowest BCUT2D eigenvalue weighted by Crippen LogP contribution is -2.67. The van der Waals surface area contributed by atoms with Gasteiger partial charge in [-0.25, -0.2) is 4.98 Å². The van der Waals surface area contributed by atoms with Crippen molar-refractivity contribution >= 4 is 17.2 Å². The number of thiazole rings is 1. The molecule has 0 bridgehead atoms. The monoisotopic (exact) mass is 389 g/mol. The smallest absolute Gasteiger partial charge is 0.229 e. The molecule has 0 spiro atoms. The number of hydrogen-bond acceptors (Lipinski definition) is 4. The number of carbonyl (C=O) groups is 1. The first-order valence-electron chi connectivity index (χ1n) is 9.98. The molecule has 0 radical (unpaired) electrons. The van der Waals surface area contributed by atoms with E-state index in [4.69, 9.17) is 4.98 Å². The van der Waals surface area contributed by atoms with Gasteiger partial charge in [-0.05, 0) is 30.5 Å². The molecule has 2 aromatic heterocycles. The van der Waals surface area contributed by atoms with Crippen LogP contribution in [-0.2, 0) is 16.8 Å². The van der Waals surface area contributed by atoms with Crippen LogP contribution in [0, 0.1) is 5.92 Å². The Hall–Kier alpha value is -2.53. The fraction of sp³-hybridized carbons (Fsp3) is 0.348. The molecule has 1 amide bonds. The molecular formula is C23H23N3OS. The van der Waals surface area contributed by atoms with Crippen LogP contribution in [0.2, 0.25) is 0 Å². The third kappa shape index (κ3) is 2.85. The summed E-state index contributed by atoms with van der Waals surface area (Å²) >= 11 is 1.58.